The van der Waals surface area contributed by atoms with Crippen LogP contribution in [-0.2, 0) is 0 Å². The van der Waals surface area contributed by atoms with E-state index in [2.05, 4.69) is 15.6 Å². The molecule has 1 fully saturated rings. The van der Waals surface area contributed by atoms with Crippen molar-refractivity contribution < 1.29 is 4.79 Å². The fraction of sp³-hybridized carbons (Fsp3) is 0.333. The fourth-order valence-electron chi connectivity index (χ4n) is 3.60. The van der Waals surface area contributed by atoms with Gasteiger partial charge in [-0.15, -0.1) is 24.8 Å². The molecule has 1 unspecified atom stereocenters. The van der Waals surface area contributed by atoms with Gasteiger partial charge in [0.2, 0.25) is 0 Å². The molecule has 0 radical (unpaired) electrons. The summed E-state index contributed by atoms with van der Waals surface area (Å²) in [6.45, 7) is 2.93. The Kier molecular flexibility index (Phi) is 8.30. The number of nitrogens with zero attached hydrogens (tertiary/aromatic N) is 2. The van der Waals surface area contributed by atoms with Crippen LogP contribution in [0.5, 0.6) is 0 Å². The maximum Gasteiger partial charge on any atom is 0.251 e. The Balaban J connectivity index is 0.00000140. The lowest BCUT2D eigenvalue weighted by molar-refractivity contribution is 0.0950. The molecule has 1 amide bonds. The van der Waals surface area contributed by atoms with E-state index in [1.165, 1.54) is 12.8 Å². The van der Waals surface area contributed by atoms with E-state index in [-0.39, 0.29) is 30.7 Å². The van der Waals surface area contributed by atoms with E-state index >= 15 is 0 Å². The van der Waals surface area contributed by atoms with Gasteiger partial charge in [0.15, 0.2) is 0 Å². The number of rotatable bonds is 5. The minimum Gasteiger partial charge on any atom is -0.352 e. The second kappa shape index (κ2) is 10.5. The van der Waals surface area contributed by atoms with Crippen molar-refractivity contribution in [2.45, 2.75) is 19.3 Å². The molecule has 0 aliphatic carbocycles. The summed E-state index contributed by atoms with van der Waals surface area (Å²) < 4.78 is 2.03. The number of hydrogen-bond donors (Lipinski definition) is 2. The van der Waals surface area contributed by atoms with Crippen LogP contribution in [0, 0.1) is 5.92 Å². The molecule has 28 heavy (non-hydrogen) atoms. The molecule has 1 atom stereocenters. The first-order chi connectivity index (χ1) is 12.8. The molecular weight excluding hydrogens is 395 g/mol. The molecule has 2 heterocycles. The normalized spacial score (nSPS) is 16.1. The third kappa shape index (κ3) is 5.04. The number of imidazole rings is 1. The standard InChI is InChI=1S/C21H24N4O.2ClH/c26-21(23-13-11-16-4-3-12-22-14-16)17-7-9-18(10-8-17)25-15-24-19-5-1-2-6-20(19)25;;/h1-2,5-10,15-16,22H,3-4,11-14H2,(H,23,26);2*1H. The van der Waals surface area contributed by atoms with Crippen LogP contribution in [0.3, 0.4) is 0 Å². The highest BCUT2D eigenvalue weighted by Crippen LogP contribution is 2.18. The van der Waals surface area contributed by atoms with Gasteiger partial charge in [0.05, 0.1) is 11.0 Å². The summed E-state index contributed by atoms with van der Waals surface area (Å²) in [5.74, 6) is 0.678. The molecule has 1 saturated heterocycles. The first-order valence-corrected chi connectivity index (χ1v) is 9.33. The van der Waals surface area contributed by atoms with Gasteiger partial charge in [-0.3, -0.25) is 9.36 Å². The van der Waals surface area contributed by atoms with Crippen molar-refractivity contribution >= 4 is 41.8 Å². The Morgan fingerprint density at radius 2 is 1.93 bits per heavy atom. The largest absolute Gasteiger partial charge is 0.352 e. The maximum atomic E-state index is 12.4. The highest BCUT2D eigenvalue weighted by Gasteiger charge is 2.13. The molecule has 0 bridgehead atoms. The molecular formula is C21H26Cl2N4O. The van der Waals surface area contributed by atoms with Crippen LogP contribution in [0.4, 0.5) is 0 Å². The topological polar surface area (TPSA) is 59.0 Å². The number of para-hydroxylation sites is 2. The lowest BCUT2D eigenvalue weighted by Gasteiger charge is -2.22. The van der Waals surface area contributed by atoms with Gasteiger partial charge in [0.25, 0.3) is 5.91 Å². The Morgan fingerprint density at radius 3 is 2.68 bits per heavy atom. The van der Waals surface area contributed by atoms with Crippen molar-refractivity contribution in [1.29, 1.82) is 0 Å². The van der Waals surface area contributed by atoms with E-state index in [1.54, 1.807) is 0 Å². The average Bonchev–Trinajstić information content (AvgIpc) is 3.13. The molecule has 2 aromatic carbocycles. The van der Waals surface area contributed by atoms with Gasteiger partial charge in [-0.1, -0.05) is 12.1 Å². The Morgan fingerprint density at radius 1 is 1.14 bits per heavy atom. The molecule has 4 rings (SSSR count). The van der Waals surface area contributed by atoms with Crippen LogP contribution in [0.25, 0.3) is 16.7 Å². The van der Waals surface area contributed by atoms with Crippen LogP contribution >= 0.6 is 24.8 Å². The maximum absolute atomic E-state index is 12.4. The van der Waals surface area contributed by atoms with Crippen molar-refractivity contribution in [3.63, 3.8) is 0 Å². The molecule has 1 aliphatic rings. The zero-order valence-electron chi connectivity index (χ0n) is 15.6. The number of nitrogens with one attached hydrogen (secondary N) is 2. The van der Waals surface area contributed by atoms with Gasteiger partial charge in [0, 0.05) is 17.8 Å². The van der Waals surface area contributed by atoms with Crippen LogP contribution in [0.2, 0.25) is 0 Å². The summed E-state index contributed by atoms with van der Waals surface area (Å²) in [6.07, 6.45) is 5.36. The summed E-state index contributed by atoms with van der Waals surface area (Å²) in [6, 6.07) is 15.7. The number of fused-ring (bicyclic) bond motifs is 1. The first-order valence-electron chi connectivity index (χ1n) is 9.33. The van der Waals surface area contributed by atoms with Crippen molar-refractivity contribution in [2.24, 2.45) is 5.92 Å². The van der Waals surface area contributed by atoms with E-state index in [4.69, 9.17) is 0 Å². The third-order valence-corrected chi connectivity index (χ3v) is 5.10. The summed E-state index contributed by atoms with van der Waals surface area (Å²) in [4.78, 5) is 16.8. The van der Waals surface area contributed by atoms with Crippen molar-refractivity contribution in [1.82, 2.24) is 20.2 Å². The minimum atomic E-state index is -0.00388. The van der Waals surface area contributed by atoms with Crippen LogP contribution in [-0.4, -0.2) is 35.1 Å². The fourth-order valence-corrected chi connectivity index (χ4v) is 3.60. The Hall–Kier alpha value is -2.08. The van der Waals surface area contributed by atoms with Gasteiger partial charge in [0.1, 0.15) is 6.33 Å². The number of amides is 1. The average molecular weight is 421 g/mol. The van der Waals surface area contributed by atoms with Crippen LogP contribution < -0.4 is 10.6 Å². The van der Waals surface area contributed by atoms with E-state index in [0.717, 1.165) is 42.8 Å². The monoisotopic (exact) mass is 420 g/mol. The predicted octanol–water partition coefficient (Wildman–Crippen LogP) is 3.99. The summed E-state index contributed by atoms with van der Waals surface area (Å²) in [5, 5.41) is 6.46. The van der Waals surface area contributed by atoms with Crippen LogP contribution in [0.1, 0.15) is 29.6 Å². The van der Waals surface area contributed by atoms with E-state index < -0.39 is 0 Å². The minimum absolute atomic E-state index is 0. The number of carbonyl (C=O) groups is 1. The van der Waals surface area contributed by atoms with E-state index in [1.807, 2.05) is 59.4 Å². The molecule has 3 aromatic rings. The highest BCUT2D eigenvalue weighted by molar-refractivity contribution is 5.94. The molecule has 7 heteroatoms. The van der Waals surface area contributed by atoms with Crippen molar-refractivity contribution in [3.05, 3.63) is 60.4 Å². The SMILES string of the molecule is Cl.Cl.O=C(NCCC1CCCNC1)c1ccc(-n2cnc3ccccc32)cc1. The third-order valence-electron chi connectivity index (χ3n) is 5.10. The number of piperidine rings is 1. The Bertz CT molecular complexity index is 889. The molecule has 0 spiro atoms. The van der Waals surface area contributed by atoms with E-state index in [0.29, 0.717) is 11.5 Å². The zero-order chi connectivity index (χ0) is 17.8. The zero-order valence-corrected chi connectivity index (χ0v) is 17.3. The van der Waals surface area contributed by atoms with Gasteiger partial charge in [-0.25, -0.2) is 4.98 Å². The second-order valence-corrected chi connectivity index (χ2v) is 6.91. The molecule has 5 nitrogen and oxygen atoms in total. The summed E-state index contributed by atoms with van der Waals surface area (Å²) in [7, 11) is 0. The number of aromatic nitrogens is 2. The van der Waals surface area contributed by atoms with E-state index in [9.17, 15) is 4.79 Å². The quantitative estimate of drug-likeness (QED) is 0.655. The first kappa shape index (κ1) is 22.2. The second-order valence-electron chi connectivity index (χ2n) is 6.91. The molecule has 150 valence electrons. The van der Waals surface area contributed by atoms with Gasteiger partial charge >= 0.3 is 0 Å². The number of hydrogen-bond acceptors (Lipinski definition) is 3. The molecule has 0 saturated carbocycles. The van der Waals surface area contributed by atoms with Crippen molar-refractivity contribution in [2.75, 3.05) is 19.6 Å². The van der Waals surface area contributed by atoms with Crippen molar-refractivity contribution in [3.8, 4) is 5.69 Å². The smallest absolute Gasteiger partial charge is 0.251 e. The lowest BCUT2D eigenvalue weighted by atomic mass is 9.96. The van der Waals surface area contributed by atoms with Gasteiger partial charge in [-0.2, -0.15) is 0 Å². The van der Waals surface area contributed by atoms with Crippen LogP contribution in [0.15, 0.2) is 54.9 Å². The molecule has 2 N–H and O–H groups in total. The number of carbonyl (C=O) groups excluding carboxylic acids is 1. The van der Waals surface area contributed by atoms with Gasteiger partial charge < -0.3 is 10.6 Å². The van der Waals surface area contributed by atoms with Gasteiger partial charge in [-0.05, 0) is 74.7 Å². The Labute approximate surface area is 177 Å². The summed E-state index contributed by atoms with van der Waals surface area (Å²) in [5.41, 5.74) is 3.72. The summed E-state index contributed by atoms with van der Waals surface area (Å²) >= 11 is 0. The predicted molar refractivity (Wildman–Crippen MR) is 118 cm³/mol. The number of benzene rings is 2. The lowest BCUT2D eigenvalue weighted by Crippen LogP contribution is -2.33. The molecule has 1 aliphatic heterocycles. The highest BCUT2D eigenvalue weighted by atomic mass is 35.5. The molecule has 1 aromatic heterocycles. The number of halogens is 2.